The molecule has 2 aromatic rings. The smallest absolute Gasteiger partial charge is 0.307 e. The molecule has 0 aliphatic carbocycles. The maximum atomic E-state index is 12.9. The van der Waals surface area contributed by atoms with Crippen molar-refractivity contribution in [1.82, 2.24) is 14.8 Å². The molecule has 10 nitrogen and oxygen atoms in total. The number of methoxy groups -OCH3 is 2. The summed E-state index contributed by atoms with van der Waals surface area (Å²) in [6.45, 7) is 2.84. The molecule has 1 aliphatic heterocycles. The van der Waals surface area contributed by atoms with Gasteiger partial charge in [-0.15, -0.1) is 0 Å². The summed E-state index contributed by atoms with van der Waals surface area (Å²) in [4.78, 5) is 24.6. The lowest BCUT2D eigenvalue weighted by molar-refractivity contribution is 0.0945. The number of nitrogens with one attached hydrogen (secondary N) is 3. The van der Waals surface area contributed by atoms with Crippen molar-refractivity contribution in [2.24, 2.45) is 0 Å². The van der Waals surface area contributed by atoms with Crippen molar-refractivity contribution in [3.63, 3.8) is 0 Å². The van der Waals surface area contributed by atoms with E-state index in [4.69, 9.17) is 25.8 Å². The second kappa shape index (κ2) is 11.8. The van der Waals surface area contributed by atoms with Crippen molar-refractivity contribution in [3.8, 4) is 17.2 Å². The number of carbonyl (C=O) groups is 2. The van der Waals surface area contributed by atoms with Crippen molar-refractivity contribution in [3.05, 3.63) is 46.5 Å². The summed E-state index contributed by atoms with van der Waals surface area (Å²) in [5.41, 5.74) is 0.855. The topological polar surface area (TPSA) is 132 Å². The van der Waals surface area contributed by atoms with Crippen molar-refractivity contribution < 1.29 is 32.2 Å². The second-order valence-corrected chi connectivity index (χ2v) is 10.4. The van der Waals surface area contributed by atoms with Crippen LogP contribution in [-0.2, 0) is 10.0 Å². The highest BCUT2D eigenvalue weighted by Gasteiger charge is 2.30. The summed E-state index contributed by atoms with van der Waals surface area (Å²) >= 11 is 6.67. The molecule has 0 saturated heterocycles. The lowest BCUT2D eigenvalue weighted by Crippen LogP contribution is -2.32. The van der Waals surface area contributed by atoms with Crippen molar-refractivity contribution in [1.29, 1.82) is 0 Å². The predicted octanol–water partition coefficient (Wildman–Crippen LogP) is 3.31. The number of benzene rings is 2. The van der Waals surface area contributed by atoms with Gasteiger partial charge in [-0.2, -0.15) is 0 Å². The van der Waals surface area contributed by atoms with Gasteiger partial charge < -0.3 is 19.5 Å². The fraction of sp³-hybridized carbons (Fsp3) is 0.364. The van der Waals surface area contributed by atoms with E-state index >= 15 is 0 Å². The van der Waals surface area contributed by atoms with Gasteiger partial charge in [-0.25, -0.2) is 13.1 Å². The second-order valence-electron chi connectivity index (χ2n) is 7.42. The van der Waals surface area contributed by atoms with E-state index in [1.807, 2.05) is 4.72 Å². The zero-order valence-electron chi connectivity index (χ0n) is 19.3. The predicted molar refractivity (Wildman–Crippen MR) is 133 cm³/mol. The van der Waals surface area contributed by atoms with Crippen LogP contribution in [0.3, 0.4) is 0 Å². The van der Waals surface area contributed by atoms with Crippen LogP contribution < -0.4 is 29.0 Å². The molecule has 0 spiro atoms. The molecule has 2 aromatic carbocycles. The highest BCUT2D eigenvalue weighted by molar-refractivity contribution is 8.13. The standard InChI is InChI=1S/C22H26ClN3O7S2/c1-4-25-34-22(28)26-35(29,30)20-10-15-13(7-8-33-18(15)11-19(20)32-3)12-24-21(27)16-9-14(23)5-6-17(16)31-2/h5-6,9-11,13,25H,4,7-8,12H2,1-3H3,(H,24,27)(H,26,28). The Hall–Kier alpha value is -2.67. The fourth-order valence-corrected chi connectivity index (χ4v) is 5.50. The van der Waals surface area contributed by atoms with Gasteiger partial charge in [-0.3, -0.25) is 14.3 Å². The fourth-order valence-electron chi connectivity index (χ4n) is 3.54. The Labute approximate surface area is 213 Å². The quantitative estimate of drug-likeness (QED) is 0.407. The van der Waals surface area contributed by atoms with Crippen LogP contribution >= 0.6 is 23.5 Å². The zero-order valence-corrected chi connectivity index (χ0v) is 21.7. The minimum absolute atomic E-state index is 0.0332. The summed E-state index contributed by atoms with van der Waals surface area (Å²) in [6.07, 6.45) is 0.536. The molecule has 3 rings (SSSR count). The highest BCUT2D eigenvalue weighted by Crippen LogP contribution is 2.40. The van der Waals surface area contributed by atoms with E-state index in [2.05, 4.69) is 10.0 Å². The number of rotatable bonds is 9. The summed E-state index contributed by atoms with van der Waals surface area (Å²) < 4.78 is 46.8. The van der Waals surface area contributed by atoms with Gasteiger partial charge >= 0.3 is 5.24 Å². The molecule has 13 heteroatoms. The monoisotopic (exact) mass is 543 g/mol. The molecule has 1 unspecified atom stereocenters. The molecule has 2 amide bonds. The van der Waals surface area contributed by atoms with Gasteiger partial charge in [0.05, 0.1) is 26.4 Å². The van der Waals surface area contributed by atoms with Crippen molar-refractivity contribution in [2.45, 2.75) is 24.2 Å². The van der Waals surface area contributed by atoms with Crippen LogP contribution in [-0.4, -0.2) is 53.5 Å². The molecule has 0 saturated carbocycles. The van der Waals surface area contributed by atoms with Crippen LogP contribution in [0.15, 0.2) is 35.2 Å². The van der Waals surface area contributed by atoms with E-state index < -0.39 is 15.3 Å². The van der Waals surface area contributed by atoms with E-state index in [-0.39, 0.29) is 34.6 Å². The average Bonchev–Trinajstić information content (AvgIpc) is 2.84. The van der Waals surface area contributed by atoms with Gasteiger partial charge in [0.2, 0.25) is 0 Å². The van der Waals surface area contributed by atoms with Crippen LogP contribution in [0.25, 0.3) is 0 Å². The molecule has 1 atom stereocenters. The first kappa shape index (κ1) is 26.9. The molecule has 0 radical (unpaired) electrons. The molecule has 0 bridgehead atoms. The summed E-state index contributed by atoms with van der Waals surface area (Å²) in [7, 11) is -1.45. The van der Waals surface area contributed by atoms with Gasteiger partial charge in [-0.1, -0.05) is 18.5 Å². The van der Waals surface area contributed by atoms with Crippen LogP contribution in [0.2, 0.25) is 5.02 Å². The van der Waals surface area contributed by atoms with Gasteiger partial charge in [0.25, 0.3) is 15.9 Å². The Balaban J connectivity index is 1.86. The molecule has 0 fully saturated rings. The number of fused-ring (bicyclic) bond motifs is 1. The largest absolute Gasteiger partial charge is 0.496 e. The van der Waals surface area contributed by atoms with Gasteiger partial charge in [0, 0.05) is 47.6 Å². The lowest BCUT2D eigenvalue weighted by atomic mass is 9.92. The minimum atomic E-state index is -4.24. The Morgan fingerprint density at radius 3 is 2.60 bits per heavy atom. The summed E-state index contributed by atoms with van der Waals surface area (Å²) in [6, 6.07) is 7.62. The molecule has 190 valence electrons. The molecule has 1 heterocycles. The Kier molecular flexibility index (Phi) is 9.11. The Morgan fingerprint density at radius 2 is 1.91 bits per heavy atom. The van der Waals surface area contributed by atoms with E-state index in [1.54, 1.807) is 19.1 Å². The third-order valence-electron chi connectivity index (χ3n) is 5.19. The third-order valence-corrected chi connectivity index (χ3v) is 7.63. The minimum Gasteiger partial charge on any atom is -0.496 e. The number of hydrogen-bond donors (Lipinski definition) is 3. The van der Waals surface area contributed by atoms with E-state index in [0.29, 0.717) is 53.6 Å². The molecule has 35 heavy (non-hydrogen) atoms. The van der Waals surface area contributed by atoms with Gasteiger partial charge in [-0.05, 0) is 30.7 Å². The maximum Gasteiger partial charge on any atom is 0.307 e. The highest BCUT2D eigenvalue weighted by atomic mass is 35.5. The third kappa shape index (κ3) is 6.51. The van der Waals surface area contributed by atoms with E-state index in [1.165, 1.54) is 32.4 Å². The summed E-state index contributed by atoms with van der Waals surface area (Å²) in [5.74, 6) is 0.223. The van der Waals surface area contributed by atoms with E-state index in [9.17, 15) is 18.0 Å². The normalized spacial score (nSPS) is 14.9. The number of hydrogen-bond acceptors (Lipinski definition) is 9. The van der Waals surface area contributed by atoms with Crippen LogP contribution in [0.4, 0.5) is 4.79 Å². The Morgan fingerprint density at radius 1 is 1.17 bits per heavy atom. The number of sulfonamides is 1. The maximum absolute atomic E-state index is 12.9. The SMILES string of the molecule is CCNSC(=O)NS(=O)(=O)c1cc2c(cc1OC)OCCC2CNC(=O)c1cc(Cl)ccc1OC. The van der Waals surface area contributed by atoms with Crippen LogP contribution in [0, 0.1) is 0 Å². The van der Waals surface area contributed by atoms with Crippen LogP contribution in [0.1, 0.15) is 35.2 Å². The molecule has 0 aromatic heterocycles. The average molecular weight is 544 g/mol. The van der Waals surface area contributed by atoms with E-state index in [0.717, 1.165) is 0 Å². The first-order valence-corrected chi connectivity index (χ1v) is 13.3. The number of carbonyl (C=O) groups excluding carboxylic acids is 2. The Bertz CT molecular complexity index is 1210. The summed E-state index contributed by atoms with van der Waals surface area (Å²) in [5, 5.41) is 2.48. The van der Waals surface area contributed by atoms with Gasteiger partial charge in [0.15, 0.2) is 0 Å². The first-order chi connectivity index (χ1) is 16.7. The number of halogens is 1. The van der Waals surface area contributed by atoms with Gasteiger partial charge in [0.1, 0.15) is 22.1 Å². The molecular weight excluding hydrogens is 518 g/mol. The molecular formula is C22H26ClN3O7S2. The molecule has 3 N–H and O–H groups in total. The first-order valence-electron chi connectivity index (χ1n) is 10.6. The van der Waals surface area contributed by atoms with Crippen molar-refractivity contribution in [2.75, 3.05) is 33.9 Å². The molecule has 1 aliphatic rings. The number of amides is 2. The van der Waals surface area contributed by atoms with Crippen molar-refractivity contribution >= 4 is 44.7 Å². The lowest BCUT2D eigenvalue weighted by Gasteiger charge is -2.27. The van der Waals surface area contributed by atoms with Crippen LogP contribution in [0.5, 0.6) is 17.2 Å². The zero-order chi connectivity index (χ0) is 25.6. The number of ether oxygens (including phenoxy) is 3.